The smallest absolute Gasteiger partial charge is 0.267 e. The van der Waals surface area contributed by atoms with E-state index in [9.17, 15) is 9.90 Å². The number of anilines is 4. The lowest BCUT2D eigenvalue weighted by Crippen LogP contribution is -2.35. The van der Waals surface area contributed by atoms with Crippen LogP contribution in [0.15, 0.2) is 30.5 Å². The summed E-state index contributed by atoms with van der Waals surface area (Å²) in [5.41, 5.74) is 0.933. The predicted molar refractivity (Wildman–Crippen MR) is 121 cm³/mol. The molecular weight excluding hydrogens is 424 g/mol. The quantitative estimate of drug-likeness (QED) is 0.426. The van der Waals surface area contributed by atoms with Gasteiger partial charge in [-0.3, -0.25) is 4.79 Å². The highest BCUT2D eigenvalue weighted by atomic mass is 35.5. The summed E-state index contributed by atoms with van der Waals surface area (Å²) in [5.74, 6) is 1.37. The molecule has 1 amide bonds. The summed E-state index contributed by atoms with van der Waals surface area (Å²) in [6.07, 6.45) is 1.50. The second-order valence-electron chi connectivity index (χ2n) is 7.39. The lowest BCUT2D eigenvalue weighted by Gasteiger charge is -2.24. The maximum absolute atomic E-state index is 12.6. The molecule has 158 valence electrons. The van der Waals surface area contributed by atoms with Crippen molar-refractivity contribution >= 4 is 51.3 Å². The van der Waals surface area contributed by atoms with Crippen LogP contribution in [0.4, 0.5) is 22.5 Å². The number of aromatic nitrogens is 3. The Kier molecular flexibility index (Phi) is 6.55. The van der Waals surface area contributed by atoms with Gasteiger partial charge in [0.2, 0.25) is 0 Å². The van der Waals surface area contributed by atoms with Crippen molar-refractivity contribution in [1.82, 2.24) is 15.0 Å². The number of carbonyl (C=O) groups excluding carboxylic acids is 1. The van der Waals surface area contributed by atoms with Crippen molar-refractivity contribution in [2.24, 2.45) is 0 Å². The highest BCUT2D eigenvalue weighted by molar-refractivity contribution is 7.17. The fourth-order valence-electron chi connectivity index (χ4n) is 2.59. The SMILES string of the molecule is Cc1nc(Nc2ncc(C(=O)Nc3c(C)cccc3Cl)s2)cc(NC(C)(C)CO)n1. The summed E-state index contributed by atoms with van der Waals surface area (Å²) < 4.78 is 0. The van der Waals surface area contributed by atoms with E-state index in [4.69, 9.17) is 11.6 Å². The second-order valence-corrected chi connectivity index (χ2v) is 8.83. The van der Waals surface area contributed by atoms with Gasteiger partial charge in [-0.25, -0.2) is 15.0 Å². The Balaban J connectivity index is 1.74. The minimum Gasteiger partial charge on any atom is -0.394 e. The van der Waals surface area contributed by atoms with Crippen LogP contribution in [-0.4, -0.2) is 38.1 Å². The van der Waals surface area contributed by atoms with Crippen LogP contribution in [0.25, 0.3) is 0 Å². The van der Waals surface area contributed by atoms with Gasteiger partial charge >= 0.3 is 0 Å². The zero-order valence-corrected chi connectivity index (χ0v) is 18.6. The molecule has 0 saturated carbocycles. The van der Waals surface area contributed by atoms with Gasteiger partial charge in [-0.05, 0) is 39.3 Å². The van der Waals surface area contributed by atoms with Crippen molar-refractivity contribution in [3.05, 3.63) is 51.7 Å². The Hall–Kier alpha value is -2.75. The number of nitrogens with one attached hydrogen (secondary N) is 3. The highest BCUT2D eigenvalue weighted by Crippen LogP contribution is 2.28. The van der Waals surface area contributed by atoms with E-state index in [2.05, 4.69) is 30.9 Å². The number of hydrogen-bond acceptors (Lipinski definition) is 8. The Morgan fingerprint density at radius 3 is 2.67 bits per heavy atom. The summed E-state index contributed by atoms with van der Waals surface area (Å²) in [5, 5.41) is 19.5. The molecule has 1 aromatic carbocycles. The topological polar surface area (TPSA) is 112 Å². The Labute approximate surface area is 183 Å². The molecule has 0 aliphatic carbocycles. The van der Waals surface area contributed by atoms with E-state index in [1.807, 2.05) is 32.9 Å². The van der Waals surface area contributed by atoms with Gasteiger partial charge in [0.15, 0.2) is 5.13 Å². The standard InChI is InChI=1S/C20H23ClN6O2S/c1-11-6-5-7-13(21)17(11)26-18(29)14-9-22-19(30-14)25-15-8-16(24-12(2)23-15)27-20(3,4)10-28/h5-9,28H,10H2,1-4H3,(H,26,29)(H2,22,23,24,25,27). The number of halogens is 1. The molecule has 0 fully saturated rings. The molecule has 0 atom stereocenters. The monoisotopic (exact) mass is 446 g/mol. The summed E-state index contributed by atoms with van der Waals surface area (Å²) in [6, 6.07) is 7.16. The van der Waals surface area contributed by atoms with Gasteiger partial charge in [0.25, 0.3) is 5.91 Å². The number of thiazole rings is 1. The molecule has 0 saturated heterocycles. The Morgan fingerprint density at radius 2 is 1.97 bits per heavy atom. The van der Waals surface area contributed by atoms with Gasteiger partial charge in [0.1, 0.15) is 22.3 Å². The zero-order chi connectivity index (χ0) is 21.9. The molecule has 0 spiro atoms. The first-order valence-electron chi connectivity index (χ1n) is 9.21. The van der Waals surface area contributed by atoms with Crippen molar-refractivity contribution < 1.29 is 9.90 Å². The van der Waals surface area contributed by atoms with Gasteiger partial charge in [0, 0.05) is 6.07 Å². The number of para-hydroxylation sites is 1. The second kappa shape index (κ2) is 8.95. The van der Waals surface area contributed by atoms with E-state index in [0.29, 0.717) is 38.2 Å². The first-order valence-corrected chi connectivity index (χ1v) is 10.4. The summed E-state index contributed by atoms with van der Waals surface area (Å²) in [6.45, 7) is 7.33. The summed E-state index contributed by atoms with van der Waals surface area (Å²) in [4.78, 5) is 26.0. The molecule has 8 nitrogen and oxygen atoms in total. The average molecular weight is 447 g/mol. The molecule has 10 heteroatoms. The normalized spacial score (nSPS) is 11.3. The van der Waals surface area contributed by atoms with Crippen LogP contribution in [0, 0.1) is 13.8 Å². The van der Waals surface area contributed by atoms with Crippen LogP contribution in [0.5, 0.6) is 0 Å². The van der Waals surface area contributed by atoms with Gasteiger partial charge < -0.3 is 21.1 Å². The number of aliphatic hydroxyl groups excluding tert-OH is 1. The van der Waals surface area contributed by atoms with E-state index in [1.54, 1.807) is 19.1 Å². The zero-order valence-electron chi connectivity index (χ0n) is 17.1. The lowest BCUT2D eigenvalue weighted by atomic mass is 10.1. The molecule has 0 aliphatic rings. The maximum atomic E-state index is 12.6. The number of amides is 1. The molecular formula is C20H23ClN6O2S. The summed E-state index contributed by atoms with van der Waals surface area (Å²) >= 11 is 7.38. The van der Waals surface area contributed by atoms with Crippen LogP contribution in [0.3, 0.4) is 0 Å². The lowest BCUT2D eigenvalue weighted by molar-refractivity contribution is 0.103. The van der Waals surface area contributed by atoms with Gasteiger partial charge in [-0.15, -0.1) is 0 Å². The van der Waals surface area contributed by atoms with E-state index >= 15 is 0 Å². The number of aliphatic hydroxyl groups is 1. The fourth-order valence-corrected chi connectivity index (χ4v) is 3.58. The third-order valence-electron chi connectivity index (χ3n) is 4.12. The van der Waals surface area contributed by atoms with Crippen LogP contribution < -0.4 is 16.0 Å². The van der Waals surface area contributed by atoms with Gasteiger partial charge in [0.05, 0.1) is 29.1 Å². The molecule has 0 aliphatic heterocycles. The largest absolute Gasteiger partial charge is 0.394 e. The van der Waals surface area contributed by atoms with Gasteiger partial charge in [-0.1, -0.05) is 35.1 Å². The van der Waals surface area contributed by atoms with Crippen molar-refractivity contribution in [3.8, 4) is 0 Å². The molecule has 0 radical (unpaired) electrons. The van der Waals surface area contributed by atoms with Crippen LogP contribution >= 0.6 is 22.9 Å². The first kappa shape index (κ1) is 21.9. The van der Waals surface area contributed by atoms with Crippen molar-refractivity contribution in [1.29, 1.82) is 0 Å². The van der Waals surface area contributed by atoms with Crippen LogP contribution in [0.2, 0.25) is 5.02 Å². The van der Waals surface area contributed by atoms with E-state index < -0.39 is 5.54 Å². The molecule has 30 heavy (non-hydrogen) atoms. The number of carbonyl (C=O) groups is 1. The molecule has 4 N–H and O–H groups in total. The maximum Gasteiger partial charge on any atom is 0.267 e. The van der Waals surface area contributed by atoms with Crippen LogP contribution in [0.1, 0.15) is 34.9 Å². The van der Waals surface area contributed by atoms with Crippen molar-refractivity contribution in [3.63, 3.8) is 0 Å². The highest BCUT2D eigenvalue weighted by Gasteiger charge is 2.18. The van der Waals surface area contributed by atoms with E-state index in [-0.39, 0.29) is 12.5 Å². The fraction of sp³-hybridized carbons (Fsp3) is 0.300. The third-order valence-corrected chi connectivity index (χ3v) is 5.35. The molecule has 2 aromatic heterocycles. The van der Waals surface area contributed by atoms with Crippen molar-refractivity contribution in [2.45, 2.75) is 33.2 Å². The predicted octanol–water partition coefficient (Wildman–Crippen LogP) is 4.38. The number of rotatable bonds is 7. The third kappa shape index (κ3) is 5.44. The minimum absolute atomic E-state index is 0.0470. The minimum atomic E-state index is -0.526. The van der Waals surface area contributed by atoms with Gasteiger partial charge in [-0.2, -0.15) is 0 Å². The van der Waals surface area contributed by atoms with E-state index in [0.717, 1.165) is 5.56 Å². The number of benzene rings is 1. The number of aryl methyl sites for hydroxylation is 2. The molecule has 3 aromatic rings. The first-order chi connectivity index (χ1) is 14.2. The van der Waals surface area contributed by atoms with Crippen LogP contribution in [-0.2, 0) is 0 Å². The number of nitrogens with zero attached hydrogens (tertiary/aromatic N) is 3. The summed E-state index contributed by atoms with van der Waals surface area (Å²) in [7, 11) is 0. The number of hydrogen-bond donors (Lipinski definition) is 4. The van der Waals surface area contributed by atoms with E-state index in [1.165, 1.54) is 17.5 Å². The Bertz CT molecular complexity index is 1050. The average Bonchev–Trinajstić information content (AvgIpc) is 3.12. The molecule has 0 unspecified atom stereocenters. The van der Waals surface area contributed by atoms with Crippen molar-refractivity contribution in [2.75, 3.05) is 22.6 Å². The molecule has 3 rings (SSSR count). The Morgan fingerprint density at radius 1 is 1.23 bits per heavy atom. The molecule has 0 bridgehead atoms. The molecule has 2 heterocycles.